The predicted octanol–water partition coefficient (Wildman–Crippen LogP) is 3.43. The van der Waals surface area contributed by atoms with Crippen LogP contribution in [0.5, 0.6) is 0 Å². The van der Waals surface area contributed by atoms with Crippen LogP contribution in [-0.4, -0.2) is 65.9 Å². The Morgan fingerprint density at radius 1 is 0.900 bits per heavy atom. The maximum Gasteiger partial charge on any atom is 0.270 e. The Bertz CT molecular complexity index is 999. The fourth-order valence-corrected chi connectivity index (χ4v) is 5.33. The lowest BCUT2D eigenvalue weighted by Gasteiger charge is -2.39. The van der Waals surface area contributed by atoms with Crippen LogP contribution in [0.15, 0.2) is 47.8 Å². The van der Waals surface area contributed by atoms with E-state index < -0.39 is 0 Å². The number of piperazine rings is 1. The first-order valence-electron chi connectivity index (χ1n) is 10.6. The summed E-state index contributed by atoms with van der Waals surface area (Å²) in [7, 11) is 0. The summed E-state index contributed by atoms with van der Waals surface area (Å²) in [6.07, 6.45) is 1.50. The molecule has 2 fully saturated rings. The molecule has 6 nitrogen and oxygen atoms in total. The molecule has 3 aromatic rings. The Morgan fingerprint density at radius 3 is 2.33 bits per heavy atom. The van der Waals surface area contributed by atoms with E-state index in [1.807, 2.05) is 33.4 Å². The van der Waals surface area contributed by atoms with E-state index in [2.05, 4.69) is 34.1 Å². The fourth-order valence-electron chi connectivity index (χ4n) is 4.55. The Hall–Kier alpha value is -2.80. The van der Waals surface area contributed by atoms with Crippen molar-refractivity contribution in [2.75, 3.05) is 44.2 Å². The number of likely N-dealkylation sites (tertiary alicyclic amines) is 1. The zero-order valence-corrected chi connectivity index (χ0v) is 17.7. The van der Waals surface area contributed by atoms with Crippen molar-refractivity contribution in [2.24, 2.45) is 5.92 Å². The van der Waals surface area contributed by atoms with E-state index in [9.17, 15) is 9.59 Å². The Balaban J connectivity index is 1.13. The van der Waals surface area contributed by atoms with Crippen LogP contribution in [-0.2, 0) is 4.79 Å². The molecule has 4 heterocycles. The third-order valence-electron chi connectivity index (χ3n) is 6.31. The van der Waals surface area contributed by atoms with Gasteiger partial charge in [0.25, 0.3) is 5.91 Å². The zero-order chi connectivity index (χ0) is 20.5. The molecule has 0 saturated carbocycles. The maximum atomic E-state index is 13.0. The monoisotopic (exact) mass is 422 g/mol. The predicted molar refractivity (Wildman–Crippen MR) is 120 cm³/mol. The van der Waals surface area contributed by atoms with Crippen LogP contribution in [0.1, 0.15) is 23.3 Å². The van der Waals surface area contributed by atoms with Gasteiger partial charge in [0.2, 0.25) is 5.91 Å². The van der Waals surface area contributed by atoms with Crippen molar-refractivity contribution in [2.45, 2.75) is 12.8 Å². The van der Waals surface area contributed by atoms with Crippen LogP contribution in [0.2, 0.25) is 0 Å². The topological polar surface area (TPSA) is 59.7 Å². The van der Waals surface area contributed by atoms with Crippen molar-refractivity contribution >= 4 is 39.1 Å². The Morgan fingerprint density at radius 2 is 1.63 bits per heavy atom. The Labute approximate surface area is 180 Å². The highest BCUT2D eigenvalue weighted by molar-refractivity contribution is 7.17. The number of piperidine rings is 1. The van der Waals surface area contributed by atoms with E-state index in [-0.39, 0.29) is 17.7 Å². The molecular weight excluding hydrogens is 396 g/mol. The molecule has 156 valence electrons. The molecule has 0 bridgehead atoms. The van der Waals surface area contributed by atoms with Crippen molar-refractivity contribution < 1.29 is 9.59 Å². The highest BCUT2D eigenvalue weighted by Gasteiger charge is 2.32. The largest absolute Gasteiger partial charge is 0.368 e. The van der Waals surface area contributed by atoms with Crippen molar-refractivity contribution in [1.29, 1.82) is 0 Å². The number of aromatic nitrogens is 1. The molecule has 0 spiro atoms. The number of benzene rings is 1. The van der Waals surface area contributed by atoms with Gasteiger partial charge >= 0.3 is 0 Å². The fraction of sp³-hybridized carbons (Fsp3) is 0.391. The van der Waals surface area contributed by atoms with Gasteiger partial charge in [0.15, 0.2) is 0 Å². The van der Waals surface area contributed by atoms with Gasteiger partial charge in [-0.2, -0.15) is 0 Å². The van der Waals surface area contributed by atoms with E-state index in [0.29, 0.717) is 18.8 Å². The van der Waals surface area contributed by atoms with Crippen LogP contribution in [0, 0.1) is 5.92 Å². The summed E-state index contributed by atoms with van der Waals surface area (Å²) in [6, 6.07) is 14.3. The number of H-pyrrole nitrogens is 1. The van der Waals surface area contributed by atoms with Crippen molar-refractivity contribution in [3.05, 3.63) is 53.5 Å². The SMILES string of the molecule is O=C(c1cc2sccc2[nH]1)N1CCC(C(=O)N2CCN(c3ccccc3)CC2)CC1. The van der Waals surface area contributed by atoms with Gasteiger partial charge in [-0.3, -0.25) is 9.59 Å². The Kier molecular flexibility index (Phi) is 5.21. The minimum absolute atomic E-state index is 0.0319. The minimum atomic E-state index is 0.0319. The standard InChI is InChI=1S/C23H26N4O2S/c28-22(27-13-11-25(12-14-27)18-4-2-1-3-5-18)17-6-9-26(10-7-17)23(29)20-16-21-19(24-20)8-15-30-21/h1-5,8,15-17,24H,6-7,9-14H2. The molecule has 2 amide bonds. The number of hydrogen-bond acceptors (Lipinski definition) is 4. The third kappa shape index (κ3) is 3.69. The first-order chi connectivity index (χ1) is 14.7. The molecule has 1 aromatic carbocycles. The van der Waals surface area contributed by atoms with Gasteiger partial charge < -0.3 is 19.7 Å². The van der Waals surface area contributed by atoms with Crippen LogP contribution < -0.4 is 4.90 Å². The summed E-state index contributed by atoms with van der Waals surface area (Å²) in [5.74, 6) is 0.334. The summed E-state index contributed by atoms with van der Waals surface area (Å²) < 4.78 is 1.11. The van der Waals surface area contributed by atoms with Crippen LogP contribution in [0.3, 0.4) is 0 Å². The lowest BCUT2D eigenvalue weighted by Crippen LogP contribution is -2.52. The smallest absolute Gasteiger partial charge is 0.270 e. The van der Waals surface area contributed by atoms with Gasteiger partial charge in [-0.15, -0.1) is 11.3 Å². The third-order valence-corrected chi connectivity index (χ3v) is 7.18. The summed E-state index contributed by atoms with van der Waals surface area (Å²) in [5.41, 5.74) is 2.89. The molecule has 2 aromatic heterocycles. The number of thiophene rings is 1. The molecule has 0 aliphatic carbocycles. The van der Waals surface area contributed by atoms with Crippen LogP contribution in [0.4, 0.5) is 5.69 Å². The van der Waals surface area contributed by atoms with Gasteiger partial charge in [0, 0.05) is 50.9 Å². The quantitative estimate of drug-likeness (QED) is 0.704. The first kappa shape index (κ1) is 19.2. The number of amides is 2. The molecule has 0 unspecified atom stereocenters. The molecule has 7 heteroatoms. The van der Waals surface area contributed by atoms with E-state index in [0.717, 1.165) is 49.2 Å². The highest BCUT2D eigenvalue weighted by atomic mass is 32.1. The van der Waals surface area contributed by atoms with Gasteiger partial charge in [-0.1, -0.05) is 18.2 Å². The summed E-state index contributed by atoms with van der Waals surface area (Å²) in [6.45, 7) is 4.57. The number of carbonyl (C=O) groups is 2. The average molecular weight is 423 g/mol. The number of para-hydroxylation sites is 1. The molecule has 30 heavy (non-hydrogen) atoms. The number of aromatic amines is 1. The van der Waals surface area contributed by atoms with Crippen molar-refractivity contribution in [3.63, 3.8) is 0 Å². The first-order valence-corrected chi connectivity index (χ1v) is 11.5. The molecule has 0 radical (unpaired) electrons. The molecule has 2 aliphatic rings. The van der Waals surface area contributed by atoms with Gasteiger partial charge in [-0.25, -0.2) is 0 Å². The normalized spacial score (nSPS) is 18.2. The molecule has 5 rings (SSSR count). The minimum Gasteiger partial charge on any atom is -0.368 e. The highest BCUT2D eigenvalue weighted by Crippen LogP contribution is 2.25. The summed E-state index contributed by atoms with van der Waals surface area (Å²) in [4.78, 5) is 35.3. The van der Waals surface area contributed by atoms with Crippen LogP contribution in [0.25, 0.3) is 10.2 Å². The number of carbonyl (C=O) groups excluding carboxylic acids is 2. The summed E-state index contributed by atoms with van der Waals surface area (Å²) >= 11 is 1.64. The summed E-state index contributed by atoms with van der Waals surface area (Å²) in [5, 5.41) is 2.02. The number of hydrogen-bond donors (Lipinski definition) is 1. The molecule has 1 N–H and O–H groups in total. The number of rotatable bonds is 3. The molecule has 0 atom stereocenters. The number of anilines is 1. The molecule has 2 saturated heterocycles. The second kappa shape index (κ2) is 8.14. The van der Waals surface area contributed by atoms with Gasteiger partial charge in [-0.05, 0) is 42.5 Å². The zero-order valence-electron chi connectivity index (χ0n) is 16.9. The molecule has 2 aliphatic heterocycles. The molecular formula is C23H26N4O2S. The number of nitrogens with one attached hydrogen (secondary N) is 1. The van der Waals surface area contributed by atoms with E-state index in [1.165, 1.54) is 5.69 Å². The maximum absolute atomic E-state index is 13.0. The lowest BCUT2D eigenvalue weighted by molar-refractivity contribution is -0.137. The second-order valence-electron chi connectivity index (χ2n) is 8.10. The lowest BCUT2D eigenvalue weighted by atomic mass is 9.94. The van der Waals surface area contributed by atoms with Gasteiger partial charge in [0.1, 0.15) is 5.69 Å². The van der Waals surface area contributed by atoms with Crippen LogP contribution >= 0.6 is 11.3 Å². The van der Waals surface area contributed by atoms with E-state index in [1.54, 1.807) is 11.3 Å². The second-order valence-corrected chi connectivity index (χ2v) is 9.04. The van der Waals surface area contributed by atoms with Crippen molar-refractivity contribution in [3.8, 4) is 0 Å². The van der Waals surface area contributed by atoms with E-state index in [4.69, 9.17) is 0 Å². The van der Waals surface area contributed by atoms with Crippen molar-refractivity contribution in [1.82, 2.24) is 14.8 Å². The average Bonchev–Trinajstić information content (AvgIpc) is 3.42. The number of fused-ring (bicyclic) bond motifs is 1. The van der Waals surface area contributed by atoms with Gasteiger partial charge in [0.05, 0.1) is 10.2 Å². The van der Waals surface area contributed by atoms with E-state index >= 15 is 0 Å². The number of nitrogens with zero attached hydrogens (tertiary/aromatic N) is 3.